The lowest BCUT2D eigenvalue weighted by Gasteiger charge is -2.35. The summed E-state index contributed by atoms with van der Waals surface area (Å²) in [6.07, 6.45) is 2.10. The minimum atomic E-state index is -1.25. The summed E-state index contributed by atoms with van der Waals surface area (Å²) >= 11 is 0. The van der Waals surface area contributed by atoms with Crippen molar-refractivity contribution in [2.45, 2.75) is 32.3 Å². The van der Waals surface area contributed by atoms with Gasteiger partial charge in [-0.25, -0.2) is 0 Å². The van der Waals surface area contributed by atoms with E-state index in [2.05, 4.69) is 0 Å². The summed E-state index contributed by atoms with van der Waals surface area (Å²) in [7, 11) is 1.68. The molecule has 1 fully saturated rings. The molecular weight excluding hydrogens is 194 g/mol. The third kappa shape index (κ3) is 3.47. The maximum Gasteiger partial charge on any atom is 0.253 e. The highest BCUT2D eigenvalue weighted by atomic mass is 16.5. The van der Waals surface area contributed by atoms with Crippen LogP contribution in [0.2, 0.25) is 0 Å². The van der Waals surface area contributed by atoms with E-state index >= 15 is 0 Å². The van der Waals surface area contributed by atoms with Crippen molar-refractivity contribution in [2.24, 2.45) is 5.92 Å². The first-order valence-corrected chi connectivity index (χ1v) is 5.46. The Bertz CT molecular complexity index is 220. The van der Waals surface area contributed by atoms with E-state index in [9.17, 15) is 9.90 Å². The zero-order valence-corrected chi connectivity index (χ0v) is 9.82. The Morgan fingerprint density at radius 3 is 2.80 bits per heavy atom. The van der Waals surface area contributed by atoms with Crippen molar-refractivity contribution in [2.75, 3.05) is 26.8 Å². The second-order valence-electron chi connectivity index (χ2n) is 4.77. The van der Waals surface area contributed by atoms with Crippen LogP contribution in [0.1, 0.15) is 26.7 Å². The van der Waals surface area contributed by atoms with Crippen molar-refractivity contribution in [1.29, 1.82) is 0 Å². The number of carbonyl (C=O) groups is 1. The maximum atomic E-state index is 11.8. The number of piperidine rings is 1. The molecule has 1 unspecified atom stereocenters. The zero-order chi connectivity index (χ0) is 11.5. The van der Waals surface area contributed by atoms with Gasteiger partial charge in [-0.05, 0) is 32.6 Å². The standard InChI is InChI=1S/C11H21NO3/c1-11(2,14)10(13)12-6-4-5-9(7-12)8-15-3/h9,14H,4-8H2,1-3H3. The molecule has 1 rings (SSSR count). The molecule has 0 aromatic rings. The monoisotopic (exact) mass is 215 g/mol. The van der Waals surface area contributed by atoms with E-state index in [0.29, 0.717) is 19.1 Å². The number of hydrogen-bond acceptors (Lipinski definition) is 3. The minimum absolute atomic E-state index is 0.177. The molecule has 0 aliphatic carbocycles. The van der Waals surface area contributed by atoms with Gasteiger partial charge in [-0.1, -0.05) is 0 Å². The minimum Gasteiger partial charge on any atom is -0.384 e. The molecule has 1 heterocycles. The van der Waals surface area contributed by atoms with Crippen LogP contribution in [0.5, 0.6) is 0 Å². The van der Waals surface area contributed by atoms with Gasteiger partial charge < -0.3 is 14.7 Å². The highest BCUT2D eigenvalue weighted by Crippen LogP contribution is 2.19. The molecule has 1 aliphatic rings. The third-order valence-electron chi connectivity index (χ3n) is 2.73. The molecule has 0 aromatic heterocycles. The average Bonchev–Trinajstić information content (AvgIpc) is 2.16. The van der Waals surface area contributed by atoms with Crippen LogP contribution in [-0.4, -0.2) is 48.3 Å². The lowest BCUT2D eigenvalue weighted by Crippen LogP contribution is -2.49. The van der Waals surface area contributed by atoms with Crippen LogP contribution in [0.4, 0.5) is 0 Å². The van der Waals surface area contributed by atoms with E-state index in [4.69, 9.17) is 4.74 Å². The summed E-state index contributed by atoms with van der Waals surface area (Å²) in [6.45, 7) is 5.22. The van der Waals surface area contributed by atoms with Crippen LogP contribution in [0.3, 0.4) is 0 Å². The predicted octanol–water partition coefficient (Wildman–Crippen LogP) is 0.642. The van der Waals surface area contributed by atoms with Crippen LogP contribution >= 0.6 is 0 Å². The first-order chi connectivity index (χ1) is 6.95. The molecule has 0 aromatic carbocycles. The van der Waals surface area contributed by atoms with Gasteiger partial charge in [-0.3, -0.25) is 4.79 Å². The average molecular weight is 215 g/mol. The normalized spacial score (nSPS) is 22.9. The fraction of sp³-hybridized carbons (Fsp3) is 0.909. The Morgan fingerprint density at radius 2 is 2.27 bits per heavy atom. The summed E-state index contributed by atoms with van der Waals surface area (Å²) in [6, 6.07) is 0. The lowest BCUT2D eigenvalue weighted by molar-refractivity contribution is -0.150. The van der Waals surface area contributed by atoms with E-state index in [1.165, 1.54) is 13.8 Å². The highest BCUT2D eigenvalue weighted by Gasteiger charge is 2.32. The number of carbonyl (C=O) groups excluding carboxylic acids is 1. The van der Waals surface area contributed by atoms with E-state index in [-0.39, 0.29) is 5.91 Å². The van der Waals surface area contributed by atoms with Crippen LogP contribution in [0.25, 0.3) is 0 Å². The lowest BCUT2D eigenvalue weighted by atomic mass is 9.97. The van der Waals surface area contributed by atoms with Crippen LogP contribution in [0.15, 0.2) is 0 Å². The Balaban J connectivity index is 2.52. The Hall–Kier alpha value is -0.610. The van der Waals surface area contributed by atoms with E-state index in [1.807, 2.05) is 0 Å². The topological polar surface area (TPSA) is 49.8 Å². The van der Waals surface area contributed by atoms with Gasteiger partial charge >= 0.3 is 0 Å². The smallest absolute Gasteiger partial charge is 0.253 e. The summed E-state index contributed by atoms with van der Waals surface area (Å²) in [5.74, 6) is 0.235. The van der Waals surface area contributed by atoms with Gasteiger partial charge in [-0.2, -0.15) is 0 Å². The summed E-state index contributed by atoms with van der Waals surface area (Å²) in [5.41, 5.74) is -1.25. The molecular formula is C11H21NO3. The predicted molar refractivity (Wildman–Crippen MR) is 57.5 cm³/mol. The van der Waals surface area contributed by atoms with Crippen molar-refractivity contribution < 1.29 is 14.6 Å². The molecule has 88 valence electrons. The molecule has 1 saturated heterocycles. The van der Waals surface area contributed by atoms with E-state index in [1.54, 1.807) is 12.0 Å². The molecule has 0 spiro atoms. The van der Waals surface area contributed by atoms with Gasteiger partial charge in [0.1, 0.15) is 5.60 Å². The van der Waals surface area contributed by atoms with Crippen LogP contribution in [0, 0.1) is 5.92 Å². The van der Waals surface area contributed by atoms with E-state index < -0.39 is 5.60 Å². The van der Waals surface area contributed by atoms with Crippen molar-refractivity contribution in [3.8, 4) is 0 Å². The largest absolute Gasteiger partial charge is 0.384 e. The fourth-order valence-corrected chi connectivity index (χ4v) is 2.01. The van der Waals surface area contributed by atoms with Gasteiger partial charge in [0.15, 0.2) is 0 Å². The third-order valence-corrected chi connectivity index (χ3v) is 2.73. The molecule has 15 heavy (non-hydrogen) atoms. The maximum absolute atomic E-state index is 11.8. The Morgan fingerprint density at radius 1 is 1.60 bits per heavy atom. The molecule has 4 heteroatoms. The van der Waals surface area contributed by atoms with E-state index in [0.717, 1.165) is 19.4 Å². The summed E-state index contributed by atoms with van der Waals surface area (Å²) in [5, 5.41) is 9.63. The summed E-state index contributed by atoms with van der Waals surface area (Å²) in [4.78, 5) is 13.5. The Kier molecular flexibility index (Phi) is 4.11. The second kappa shape index (κ2) is 4.94. The quantitative estimate of drug-likeness (QED) is 0.751. The number of hydrogen-bond donors (Lipinski definition) is 1. The SMILES string of the molecule is COCC1CCCN(C(=O)C(C)(C)O)C1. The van der Waals surface area contributed by atoms with Gasteiger partial charge in [-0.15, -0.1) is 0 Å². The van der Waals surface area contributed by atoms with Gasteiger partial charge in [0.25, 0.3) is 5.91 Å². The summed E-state index contributed by atoms with van der Waals surface area (Å²) < 4.78 is 5.09. The number of ether oxygens (including phenoxy) is 1. The molecule has 1 amide bonds. The number of aliphatic hydroxyl groups is 1. The number of amides is 1. The van der Waals surface area contributed by atoms with Crippen molar-refractivity contribution >= 4 is 5.91 Å². The molecule has 1 aliphatic heterocycles. The van der Waals surface area contributed by atoms with Crippen LogP contribution < -0.4 is 0 Å². The van der Waals surface area contributed by atoms with Crippen molar-refractivity contribution in [3.05, 3.63) is 0 Å². The molecule has 0 saturated carbocycles. The molecule has 4 nitrogen and oxygen atoms in total. The van der Waals surface area contributed by atoms with Crippen molar-refractivity contribution in [3.63, 3.8) is 0 Å². The number of rotatable bonds is 3. The van der Waals surface area contributed by atoms with Crippen LogP contribution in [-0.2, 0) is 9.53 Å². The first-order valence-electron chi connectivity index (χ1n) is 5.46. The Labute approximate surface area is 91.2 Å². The van der Waals surface area contributed by atoms with Gasteiger partial charge in [0, 0.05) is 20.2 Å². The number of likely N-dealkylation sites (tertiary alicyclic amines) is 1. The zero-order valence-electron chi connectivity index (χ0n) is 9.82. The molecule has 0 radical (unpaired) electrons. The fourth-order valence-electron chi connectivity index (χ4n) is 2.01. The second-order valence-corrected chi connectivity index (χ2v) is 4.77. The number of nitrogens with zero attached hydrogens (tertiary/aromatic N) is 1. The van der Waals surface area contributed by atoms with Crippen molar-refractivity contribution in [1.82, 2.24) is 4.90 Å². The molecule has 1 atom stereocenters. The molecule has 0 bridgehead atoms. The first kappa shape index (κ1) is 12.5. The van der Waals surface area contributed by atoms with Gasteiger partial charge in [0.2, 0.25) is 0 Å². The van der Waals surface area contributed by atoms with Gasteiger partial charge in [0.05, 0.1) is 6.61 Å². The molecule has 1 N–H and O–H groups in total. The highest BCUT2D eigenvalue weighted by molar-refractivity contribution is 5.84. The number of methoxy groups -OCH3 is 1.